The van der Waals surface area contributed by atoms with E-state index < -0.39 is 11.9 Å². The van der Waals surface area contributed by atoms with Crippen molar-refractivity contribution in [2.75, 3.05) is 11.9 Å². The van der Waals surface area contributed by atoms with Gasteiger partial charge in [-0.3, -0.25) is 4.79 Å². The summed E-state index contributed by atoms with van der Waals surface area (Å²) in [6, 6.07) is 15.7. The summed E-state index contributed by atoms with van der Waals surface area (Å²) in [4.78, 5) is 15.3. The van der Waals surface area contributed by atoms with E-state index in [-0.39, 0.29) is 23.8 Å². The monoisotopic (exact) mass is 434 g/mol. The van der Waals surface area contributed by atoms with Crippen molar-refractivity contribution in [1.82, 2.24) is 4.98 Å². The van der Waals surface area contributed by atoms with Crippen molar-refractivity contribution in [3.63, 3.8) is 0 Å². The number of nitrogens with zero attached hydrogens (tertiary/aromatic N) is 1. The van der Waals surface area contributed by atoms with Gasteiger partial charge in [-0.1, -0.05) is 35.9 Å². The lowest BCUT2D eigenvalue weighted by atomic mass is 10.1. The molecule has 0 aliphatic heterocycles. The van der Waals surface area contributed by atoms with Crippen LogP contribution in [0.25, 0.3) is 11.3 Å². The Morgan fingerprint density at radius 3 is 2.43 bits per heavy atom. The van der Waals surface area contributed by atoms with Gasteiger partial charge >= 0.3 is 12.1 Å². The molecule has 0 atom stereocenters. The van der Waals surface area contributed by atoms with Crippen molar-refractivity contribution in [2.45, 2.75) is 19.5 Å². The molecule has 156 valence electrons. The molecule has 4 nitrogen and oxygen atoms in total. The van der Waals surface area contributed by atoms with Crippen LogP contribution in [0.2, 0.25) is 5.02 Å². The summed E-state index contributed by atoms with van der Waals surface area (Å²) in [7, 11) is 0. The molecule has 0 radical (unpaired) electrons. The van der Waals surface area contributed by atoms with Gasteiger partial charge in [0, 0.05) is 22.0 Å². The van der Waals surface area contributed by atoms with Gasteiger partial charge in [-0.25, -0.2) is 4.98 Å². The zero-order valence-corrected chi connectivity index (χ0v) is 16.7. The number of benzene rings is 2. The number of carbonyl (C=O) groups excluding carboxylic acids is 1. The van der Waals surface area contributed by atoms with E-state index in [1.165, 1.54) is 6.07 Å². The predicted molar refractivity (Wildman–Crippen MR) is 110 cm³/mol. The first-order valence-electron chi connectivity index (χ1n) is 9.11. The van der Waals surface area contributed by atoms with Crippen LogP contribution in [-0.2, 0) is 22.1 Å². The number of hydrogen-bond acceptors (Lipinski definition) is 4. The van der Waals surface area contributed by atoms with Gasteiger partial charge in [0.05, 0.1) is 18.7 Å². The van der Waals surface area contributed by atoms with Crippen LogP contribution in [-0.4, -0.2) is 17.6 Å². The van der Waals surface area contributed by atoms with Gasteiger partial charge in [-0.2, -0.15) is 13.2 Å². The van der Waals surface area contributed by atoms with Crippen LogP contribution in [0.4, 0.5) is 24.5 Å². The van der Waals surface area contributed by atoms with E-state index in [1.807, 2.05) is 0 Å². The zero-order chi connectivity index (χ0) is 21.7. The van der Waals surface area contributed by atoms with E-state index >= 15 is 0 Å². The molecule has 0 fully saturated rings. The molecule has 8 heteroatoms. The molecule has 3 aromatic rings. The van der Waals surface area contributed by atoms with Crippen molar-refractivity contribution in [1.29, 1.82) is 0 Å². The SMILES string of the molecule is CCOC(=O)Cc1ccc(Nc2cc(-c3cccc(Cl)c3)nc(C(F)(F)F)c2)cc1. The van der Waals surface area contributed by atoms with E-state index in [4.69, 9.17) is 16.3 Å². The maximum Gasteiger partial charge on any atom is 0.433 e. The second kappa shape index (κ2) is 9.17. The Morgan fingerprint density at radius 1 is 1.07 bits per heavy atom. The van der Waals surface area contributed by atoms with Gasteiger partial charge in [0.25, 0.3) is 0 Å². The Labute approximate surface area is 176 Å². The third-order valence-electron chi connectivity index (χ3n) is 4.13. The molecule has 0 unspecified atom stereocenters. The molecule has 1 heterocycles. The molecule has 30 heavy (non-hydrogen) atoms. The largest absolute Gasteiger partial charge is 0.466 e. The third kappa shape index (κ3) is 5.73. The molecular weight excluding hydrogens is 417 g/mol. The Balaban J connectivity index is 1.88. The molecule has 0 spiro atoms. The Hall–Kier alpha value is -3.06. The molecule has 0 saturated heterocycles. The number of esters is 1. The highest BCUT2D eigenvalue weighted by Crippen LogP contribution is 2.33. The minimum absolute atomic E-state index is 0.126. The van der Waals surface area contributed by atoms with Crippen molar-refractivity contribution < 1.29 is 22.7 Å². The maximum absolute atomic E-state index is 13.4. The van der Waals surface area contributed by atoms with Gasteiger partial charge in [0.15, 0.2) is 0 Å². The van der Waals surface area contributed by atoms with Gasteiger partial charge in [-0.15, -0.1) is 0 Å². The van der Waals surface area contributed by atoms with Gasteiger partial charge in [0.1, 0.15) is 5.69 Å². The summed E-state index contributed by atoms with van der Waals surface area (Å²) in [5, 5.41) is 3.36. The summed E-state index contributed by atoms with van der Waals surface area (Å²) in [6.45, 7) is 2.03. The van der Waals surface area contributed by atoms with E-state index in [9.17, 15) is 18.0 Å². The molecule has 0 saturated carbocycles. The lowest BCUT2D eigenvalue weighted by Gasteiger charge is -2.13. The van der Waals surface area contributed by atoms with Crippen LogP contribution < -0.4 is 5.32 Å². The minimum atomic E-state index is -4.60. The maximum atomic E-state index is 13.4. The number of anilines is 2. The number of pyridine rings is 1. The average molecular weight is 435 g/mol. The number of halogens is 4. The smallest absolute Gasteiger partial charge is 0.433 e. The van der Waals surface area contributed by atoms with Gasteiger partial charge in [-0.05, 0) is 48.9 Å². The molecule has 0 aliphatic carbocycles. The molecular formula is C22H18ClF3N2O2. The summed E-state index contributed by atoms with van der Waals surface area (Å²) in [5.41, 5.74) is 1.14. The van der Waals surface area contributed by atoms with Gasteiger partial charge < -0.3 is 10.1 Å². The number of alkyl halides is 3. The molecule has 0 amide bonds. The van der Waals surface area contributed by atoms with Crippen LogP contribution in [0.15, 0.2) is 60.7 Å². The lowest BCUT2D eigenvalue weighted by Crippen LogP contribution is -2.09. The quantitative estimate of drug-likeness (QED) is 0.464. The van der Waals surface area contributed by atoms with Crippen LogP contribution in [0.1, 0.15) is 18.2 Å². The topological polar surface area (TPSA) is 51.2 Å². The minimum Gasteiger partial charge on any atom is -0.466 e. The van der Waals surface area contributed by atoms with Crippen LogP contribution in [0, 0.1) is 0 Å². The van der Waals surface area contributed by atoms with Crippen LogP contribution in [0.5, 0.6) is 0 Å². The fraction of sp³-hybridized carbons (Fsp3) is 0.182. The van der Waals surface area contributed by atoms with E-state index in [2.05, 4.69) is 10.3 Å². The molecule has 1 N–H and O–H groups in total. The second-order valence-corrected chi connectivity index (χ2v) is 6.87. The number of hydrogen-bond donors (Lipinski definition) is 1. The fourth-order valence-corrected chi connectivity index (χ4v) is 2.99. The predicted octanol–water partition coefficient (Wildman–Crippen LogP) is 6.27. The first kappa shape index (κ1) is 21.6. The number of carbonyl (C=O) groups is 1. The second-order valence-electron chi connectivity index (χ2n) is 6.44. The standard InChI is InChI=1S/C22H18ClF3N2O2/c1-2-30-21(29)10-14-6-8-17(9-7-14)27-18-12-19(15-4-3-5-16(23)11-15)28-20(13-18)22(24,25)26/h3-9,11-13H,2,10H2,1H3,(H,27,28). The summed E-state index contributed by atoms with van der Waals surface area (Å²) < 4.78 is 45.0. The number of nitrogens with one attached hydrogen (secondary N) is 1. The van der Waals surface area contributed by atoms with Crippen molar-refractivity contribution >= 4 is 28.9 Å². The summed E-state index contributed by atoms with van der Waals surface area (Å²) in [5.74, 6) is -0.340. The number of aromatic nitrogens is 1. The molecule has 0 bridgehead atoms. The van der Waals surface area contributed by atoms with Crippen LogP contribution >= 0.6 is 11.6 Å². The summed E-state index contributed by atoms with van der Waals surface area (Å²) in [6.07, 6.45) is -4.48. The molecule has 2 aromatic carbocycles. The van der Waals surface area contributed by atoms with Crippen LogP contribution in [0.3, 0.4) is 0 Å². The fourth-order valence-electron chi connectivity index (χ4n) is 2.79. The first-order chi connectivity index (χ1) is 14.2. The highest BCUT2D eigenvalue weighted by Gasteiger charge is 2.33. The Kier molecular flexibility index (Phi) is 6.62. The van der Waals surface area contributed by atoms with Gasteiger partial charge in [0.2, 0.25) is 0 Å². The number of ether oxygens (including phenoxy) is 1. The Morgan fingerprint density at radius 2 is 1.80 bits per heavy atom. The highest BCUT2D eigenvalue weighted by molar-refractivity contribution is 6.30. The lowest BCUT2D eigenvalue weighted by molar-refractivity contribution is -0.142. The zero-order valence-electron chi connectivity index (χ0n) is 16.0. The van der Waals surface area contributed by atoms with Crippen molar-refractivity contribution in [3.8, 4) is 11.3 Å². The van der Waals surface area contributed by atoms with Crippen molar-refractivity contribution in [3.05, 3.63) is 76.9 Å². The first-order valence-corrected chi connectivity index (χ1v) is 9.49. The molecule has 1 aromatic heterocycles. The van der Waals surface area contributed by atoms with Crippen molar-refractivity contribution in [2.24, 2.45) is 0 Å². The summed E-state index contributed by atoms with van der Waals surface area (Å²) >= 11 is 5.97. The molecule has 3 rings (SSSR count). The highest BCUT2D eigenvalue weighted by atomic mass is 35.5. The normalized spacial score (nSPS) is 11.2. The van der Waals surface area contributed by atoms with E-state index in [1.54, 1.807) is 55.5 Å². The number of rotatable bonds is 6. The van der Waals surface area contributed by atoms with E-state index in [0.717, 1.165) is 11.6 Å². The van der Waals surface area contributed by atoms with E-state index in [0.29, 0.717) is 22.9 Å². The Bertz CT molecular complexity index is 1040. The average Bonchev–Trinajstić information content (AvgIpc) is 2.69. The molecule has 0 aliphatic rings. The third-order valence-corrected chi connectivity index (χ3v) is 4.37.